The van der Waals surface area contributed by atoms with Crippen LogP contribution in [-0.4, -0.2) is 5.91 Å². The molecule has 1 N–H and O–H groups in total. The molecule has 3 rings (SSSR count). The maximum Gasteiger partial charge on any atom is 0.267 e. The Kier molecular flexibility index (Phi) is 4.14. The number of anilines is 1. The zero-order valence-corrected chi connectivity index (χ0v) is 13.4. The maximum atomic E-state index is 13.3. The second-order valence-electron chi connectivity index (χ2n) is 4.85. The highest BCUT2D eigenvalue weighted by Gasteiger charge is 2.18. The lowest BCUT2D eigenvalue weighted by Gasteiger charge is -2.08. The number of benzene rings is 2. The molecule has 3 aromatic rings. The Morgan fingerprint density at radius 2 is 2.05 bits per heavy atom. The molecule has 0 atom stereocenters. The molecule has 1 amide bonds. The van der Waals surface area contributed by atoms with Crippen LogP contribution in [0.3, 0.4) is 0 Å². The topological polar surface area (TPSA) is 29.1 Å². The van der Waals surface area contributed by atoms with Crippen LogP contribution in [0.25, 0.3) is 10.1 Å². The molecule has 0 aliphatic rings. The van der Waals surface area contributed by atoms with E-state index >= 15 is 0 Å². The first-order chi connectivity index (χ1) is 10.6. The second-order valence-corrected chi connectivity index (χ2v) is 6.28. The minimum atomic E-state index is -0.339. The van der Waals surface area contributed by atoms with Crippen LogP contribution in [0.5, 0.6) is 0 Å². The Bertz CT molecular complexity index is 859. The van der Waals surface area contributed by atoms with E-state index in [1.54, 1.807) is 6.07 Å². The number of rotatable bonds is 3. The first-order valence-electron chi connectivity index (χ1n) is 6.87. The molecule has 0 saturated carbocycles. The number of halogens is 2. The van der Waals surface area contributed by atoms with Gasteiger partial charge in [-0.1, -0.05) is 36.7 Å². The molecule has 2 aromatic carbocycles. The molecule has 0 aliphatic carbocycles. The molecule has 0 fully saturated rings. The van der Waals surface area contributed by atoms with Crippen LogP contribution < -0.4 is 5.32 Å². The van der Waals surface area contributed by atoms with E-state index in [0.717, 1.165) is 17.7 Å². The molecule has 0 aliphatic heterocycles. The van der Waals surface area contributed by atoms with Crippen molar-refractivity contribution in [2.75, 3.05) is 5.32 Å². The van der Waals surface area contributed by atoms with Crippen LogP contribution in [0.2, 0.25) is 5.02 Å². The Labute approximate surface area is 136 Å². The fraction of sp³-hybridized carbons (Fsp3) is 0.118. The Morgan fingerprint density at radius 1 is 1.27 bits per heavy atom. The largest absolute Gasteiger partial charge is 0.321 e. The number of thiophene rings is 1. The number of amides is 1. The summed E-state index contributed by atoms with van der Waals surface area (Å²) in [5.41, 5.74) is 1.83. The molecule has 0 radical (unpaired) electrons. The van der Waals surface area contributed by atoms with Gasteiger partial charge in [-0.3, -0.25) is 4.79 Å². The van der Waals surface area contributed by atoms with Gasteiger partial charge < -0.3 is 5.32 Å². The van der Waals surface area contributed by atoms with Gasteiger partial charge in [0.2, 0.25) is 0 Å². The monoisotopic (exact) mass is 333 g/mol. The smallest absolute Gasteiger partial charge is 0.267 e. The summed E-state index contributed by atoms with van der Waals surface area (Å²) in [4.78, 5) is 12.9. The molecule has 0 bridgehead atoms. The number of para-hydroxylation sites is 1. The number of carbonyl (C=O) groups is 1. The third kappa shape index (κ3) is 2.72. The molecule has 5 heteroatoms. The SMILES string of the molecule is CCc1ccccc1NC(=O)c1sc2cc(F)ccc2c1Cl. The van der Waals surface area contributed by atoms with Crippen molar-refractivity contribution < 1.29 is 9.18 Å². The van der Waals surface area contributed by atoms with Crippen LogP contribution in [0.15, 0.2) is 42.5 Å². The van der Waals surface area contributed by atoms with Gasteiger partial charge in [-0.05, 0) is 36.2 Å². The summed E-state index contributed by atoms with van der Waals surface area (Å²) in [6, 6.07) is 12.0. The number of fused-ring (bicyclic) bond motifs is 1. The van der Waals surface area contributed by atoms with E-state index in [4.69, 9.17) is 11.6 Å². The molecule has 22 heavy (non-hydrogen) atoms. The zero-order chi connectivity index (χ0) is 15.7. The van der Waals surface area contributed by atoms with Crippen LogP contribution in [0.4, 0.5) is 10.1 Å². The van der Waals surface area contributed by atoms with Gasteiger partial charge in [0.25, 0.3) is 5.91 Å². The normalized spacial score (nSPS) is 10.9. The molecule has 0 spiro atoms. The van der Waals surface area contributed by atoms with E-state index in [-0.39, 0.29) is 11.7 Å². The van der Waals surface area contributed by atoms with Crippen molar-refractivity contribution in [1.82, 2.24) is 0 Å². The van der Waals surface area contributed by atoms with Crippen molar-refractivity contribution in [1.29, 1.82) is 0 Å². The van der Waals surface area contributed by atoms with Gasteiger partial charge in [0.05, 0.1) is 5.02 Å². The second kappa shape index (κ2) is 6.07. The number of aryl methyl sites for hydroxylation is 1. The molecule has 2 nitrogen and oxygen atoms in total. The first kappa shape index (κ1) is 15.0. The summed E-state index contributed by atoms with van der Waals surface area (Å²) in [7, 11) is 0. The van der Waals surface area contributed by atoms with Crippen molar-refractivity contribution in [3.8, 4) is 0 Å². The Hall–Kier alpha value is -1.91. The average Bonchev–Trinajstić information content (AvgIpc) is 2.84. The minimum Gasteiger partial charge on any atom is -0.321 e. The van der Waals surface area contributed by atoms with Gasteiger partial charge in [-0.15, -0.1) is 11.3 Å². The number of hydrogen-bond acceptors (Lipinski definition) is 2. The fourth-order valence-electron chi connectivity index (χ4n) is 2.31. The molecule has 1 aromatic heterocycles. The third-order valence-electron chi connectivity index (χ3n) is 3.44. The standard InChI is InChI=1S/C17H13ClFNOS/c1-2-10-5-3-4-6-13(10)20-17(21)16-15(18)12-8-7-11(19)9-14(12)22-16/h3-9H,2H2,1H3,(H,20,21). The molecule has 0 unspecified atom stereocenters. The highest BCUT2D eigenvalue weighted by atomic mass is 35.5. The molecule has 112 valence electrons. The predicted molar refractivity (Wildman–Crippen MR) is 90.6 cm³/mol. The first-order valence-corrected chi connectivity index (χ1v) is 8.06. The van der Waals surface area contributed by atoms with E-state index in [1.807, 2.05) is 31.2 Å². The number of carbonyl (C=O) groups excluding carboxylic acids is 1. The van der Waals surface area contributed by atoms with Crippen LogP contribution in [0.1, 0.15) is 22.2 Å². The fourth-order valence-corrected chi connectivity index (χ4v) is 3.75. The van der Waals surface area contributed by atoms with Gasteiger partial charge in [0.15, 0.2) is 0 Å². The van der Waals surface area contributed by atoms with Crippen molar-refractivity contribution in [3.05, 3.63) is 63.7 Å². The summed E-state index contributed by atoms with van der Waals surface area (Å²) in [6.07, 6.45) is 0.821. The predicted octanol–water partition coefficient (Wildman–Crippen LogP) is 5.51. The molecular formula is C17H13ClFNOS. The summed E-state index contributed by atoms with van der Waals surface area (Å²) in [6.45, 7) is 2.03. The third-order valence-corrected chi connectivity index (χ3v) is 5.10. The minimum absolute atomic E-state index is 0.271. The van der Waals surface area contributed by atoms with Crippen molar-refractivity contribution in [3.63, 3.8) is 0 Å². The van der Waals surface area contributed by atoms with Crippen LogP contribution in [-0.2, 0) is 6.42 Å². The Morgan fingerprint density at radius 3 is 2.82 bits per heavy atom. The lowest BCUT2D eigenvalue weighted by Crippen LogP contribution is -2.12. The summed E-state index contributed by atoms with van der Waals surface area (Å²) in [5.74, 6) is -0.610. The number of nitrogens with one attached hydrogen (secondary N) is 1. The number of hydrogen-bond donors (Lipinski definition) is 1. The van der Waals surface area contributed by atoms with Gasteiger partial charge in [0, 0.05) is 15.8 Å². The lowest BCUT2D eigenvalue weighted by atomic mass is 10.1. The van der Waals surface area contributed by atoms with Crippen molar-refractivity contribution in [2.24, 2.45) is 0 Å². The van der Waals surface area contributed by atoms with Crippen LogP contribution in [0, 0.1) is 5.82 Å². The quantitative estimate of drug-likeness (QED) is 0.673. The molecular weight excluding hydrogens is 321 g/mol. The highest BCUT2D eigenvalue weighted by molar-refractivity contribution is 7.21. The van der Waals surface area contributed by atoms with Crippen LogP contribution >= 0.6 is 22.9 Å². The van der Waals surface area contributed by atoms with Crippen molar-refractivity contribution in [2.45, 2.75) is 13.3 Å². The van der Waals surface area contributed by atoms with E-state index in [9.17, 15) is 9.18 Å². The average molecular weight is 334 g/mol. The zero-order valence-electron chi connectivity index (χ0n) is 11.8. The van der Waals surface area contributed by atoms with E-state index < -0.39 is 0 Å². The van der Waals surface area contributed by atoms with E-state index in [0.29, 0.717) is 20.0 Å². The maximum absolute atomic E-state index is 13.3. The van der Waals surface area contributed by atoms with Gasteiger partial charge in [-0.25, -0.2) is 4.39 Å². The molecule has 0 saturated heterocycles. The lowest BCUT2D eigenvalue weighted by molar-refractivity contribution is 0.103. The summed E-state index contributed by atoms with van der Waals surface area (Å²) in [5, 5.41) is 3.95. The van der Waals surface area contributed by atoms with Gasteiger partial charge >= 0.3 is 0 Å². The van der Waals surface area contributed by atoms with Gasteiger partial charge in [0.1, 0.15) is 10.7 Å². The van der Waals surface area contributed by atoms with Crippen molar-refractivity contribution >= 4 is 44.6 Å². The molecule has 1 heterocycles. The van der Waals surface area contributed by atoms with E-state index in [2.05, 4.69) is 5.32 Å². The summed E-state index contributed by atoms with van der Waals surface area (Å²) >= 11 is 7.47. The highest BCUT2D eigenvalue weighted by Crippen LogP contribution is 2.36. The Balaban J connectivity index is 1.97. The van der Waals surface area contributed by atoms with E-state index in [1.165, 1.54) is 23.5 Å². The summed E-state index contributed by atoms with van der Waals surface area (Å²) < 4.78 is 14.0. The van der Waals surface area contributed by atoms with Gasteiger partial charge in [-0.2, -0.15) is 0 Å².